The van der Waals surface area contributed by atoms with Crippen molar-refractivity contribution in [3.63, 3.8) is 0 Å². The Kier molecular flexibility index (Phi) is 1.48. The van der Waals surface area contributed by atoms with Gasteiger partial charge in [0.2, 0.25) is 5.91 Å². The minimum absolute atomic E-state index is 0.201. The fourth-order valence-corrected chi connectivity index (χ4v) is 0.897. The van der Waals surface area contributed by atoms with Crippen LogP contribution in [0, 0.1) is 0 Å². The maximum Gasteiger partial charge on any atom is 0.223 e. The molecule has 0 aromatic heterocycles. The van der Waals surface area contributed by atoms with Crippen LogP contribution < -0.4 is 5.73 Å². The van der Waals surface area contributed by atoms with Crippen molar-refractivity contribution < 1.29 is 4.79 Å². The SMILES string of the molecule is NCN1CCCC1=O. The Labute approximate surface area is 48.5 Å². The van der Waals surface area contributed by atoms with Gasteiger partial charge in [-0.1, -0.05) is 0 Å². The van der Waals surface area contributed by atoms with Crippen LogP contribution in [0.2, 0.25) is 0 Å². The molecule has 0 aromatic rings. The number of rotatable bonds is 1. The van der Waals surface area contributed by atoms with Crippen molar-refractivity contribution in [3.05, 3.63) is 0 Å². The smallest absolute Gasteiger partial charge is 0.223 e. The van der Waals surface area contributed by atoms with E-state index in [2.05, 4.69) is 0 Å². The highest BCUT2D eigenvalue weighted by Gasteiger charge is 2.17. The van der Waals surface area contributed by atoms with Crippen molar-refractivity contribution in [2.45, 2.75) is 12.8 Å². The lowest BCUT2D eigenvalue weighted by Gasteiger charge is -2.09. The Morgan fingerprint density at radius 3 is 2.75 bits per heavy atom. The molecule has 0 atom stereocenters. The molecule has 1 aliphatic rings. The molecule has 46 valence electrons. The molecule has 1 rings (SSSR count). The van der Waals surface area contributed by atoms with Crippen LogP contribution in [0.4, 0.5) is 0 Å². The second-order valence-corrected chi connectivity index (χ2v) is 1.94. The number of carbonyl (C=O) groups is 1. The number of amides is 1. The van der Waals surface area contributed by atoms with Crippen LogP contribution >= 0.6 is 0 Å². The average Bonchev–Trinajstić information content (AvgIpc) is 2.14. The van der Waals surface area contributed by atoms with Gasteiger partial charge >= 0.3 is 0 Å². The van der Waals surface area contributed by atoms with Gasteiger partial charge in [-0.05, 0) is 6.42 Å². The summed E-state index contributed by atoms with van der Waals surface area (Å²) in [6.45, 7) is 1.24. The molecule has 1 heterocycles. The van der Waals surface area contributed by atoms with Crippen LogP contribution in [0.5, 0.6) is 0 Å². The van der Waals surface area contributed by atoms with E-state index in [0.29, 0.717) is 13.1 Å². The first-order valence-corrected chi connectivity index (χ1v) is 2.82. The minimum Gasteiger partial charge on any atom is -0.330 e. The summed E-state index contributed by atoms with van der Waals surface area (Å²) in [5, 5.41) is 0. The highest BCUT2D eigenvalue weighted by molar-refractivity contribution is 5.77. The zero-order chi connectivity index (χ0) is 5.98. The molecule has 0 aliphatic carbocycles. The Balaban J connectivity index is 2.42. The Bertz CT molecular complexity index is 103. The van der Waals surface area contributed by atoms with Crippen molar-refractivity contribution in [3.8, 4) is 0 Å². The maximum absolute atomic E-state index is 10.7. The summed E-state index contributed by atoms with van der Waals surface area (Å²) in [7, 11) is 0. The van der Waals surface area contributed by atoms with Crippen LogP contribution in [0.1, 0.15) is 12.8 Å². The molecule has 0 saturated carbocycles. The second-order valence-electron chi connectivity index (χ2n) is 1.94. The molecule has 8 heavy (non-hydrogen) atoms. The molecule has 0 bridgehead atoms. The molecule has 2 N–H and O–H groups in total. The van der Waals surface area contributed by atoms with Gasteiger partial charge in [-0.3, -0.25) is 4.79 Å². The van der Waals surface area contributed by atoms with Gasteiger partial charge in [-0.2, -0.15) is 0 Å². The van der Waals surface area contributed by atoms with Crippen LogP contribution in [0.15, 0.2) is 0 Å². The summed E-state index contributed by atoms with van der Waals surface area (Å²) in [5.74, 6) is 0.201. The lowest BCUT2D eigenvalue weighted by molar-refractivity contribution is -0.127. The van der Waals surface area contributed by atoms with Gasteiger partial charge in [-0.25, -0.2) is 0 Å². The quantitative estimate of drug-likeness (QED) is 0.500. The molecule has 0 aromatic carbocycles. The summed E-state index contributed by atoms with van der Waals surface area (Å²) >= 11 is 0. The summed E-state index contributed by atoms with van der Waals surface area (Å²) in [6, 6.07) is 0. The van der Waals surface area contributed by atoms with E-state index in [1.807, 2.05) is 0 Å². The van der Waals surface area contributed by atoms with Crippen LogP contribution in [-0.4, -0.2) is 24.0 Å². The normalized spacial score (nSPS) is 20.1. The zero-order valence-electron chi connectivity index (χ0n) is 4.76. The lowest BCUT2D eigenvalue weighted by Crippen LogP contribution is -2.30. The predicted octanol–water partition coefficient (Wildman–Crippen LogP) is -0.475. The first-order chi connectivity index (χ1) is 3.84. The van der Waals surface area contributed by atoms with Crippen molar-refractivity contribution in [2.24, 2.45) is 5.73 Å². The molecule has 0 spiro atoms. The monoisotopic (exact) mass is 114 g/mol. The van der Waals surface area contributed by atoms with E-state index in [9.17, 15) is 4.79 Å². The van der Waals surface area contributed by atoms with Crippen LogP contribution in [0.3, 0.4) is 0 Å². The molecule has 0 radical (unpaired) electrons. The van der Waals surface area contributed by atoms with Crippen molar-refractivity contribution in [2.75, 3.05) is 13.2 Å². The molecular weight excluding hydrogens is 104 g/mol. The van der Waals surface area contributed by atoms with Gasteiger partial charge < -0.3 is 10.6 Å². The number of hydrogen-bond acceptors (Lipinski definition) is 2. The van der Waals surface area contributed by atoms with E-state index in [0.717, 1.165) is 13.0 Å². The summed E-state index contributed by atoms with van der Waals surface area (Å²) in [4.78, 5) is 12.3. The fraction of sp³-hybridized carbons (Fsp3) is 0.800. The first-order valence-electron chi connectivity index (χ1n) is 2.82. The van der Waals surface area contributed by atoms with Gasteiger partial charge in [0.05, 0.1) is 6.67 Å². The predicted molar refractivity (Wildman–Crippen MR) is 30.0 cm³/mol. The number of hydrogen-bond donors (Lipinski definition) is 1. The number of likely N-dealkylation sites (tertiary alicyclic amines) is 1. The van der Waals surface area contributed by atoms with E-state index >= 15 is 0 Å². The van der Waals surface area contributed by atoms with Crippen molar-refractivity contribution in [1.82, 2.24) is 4.90 Å². The van der Waals surface area contributed by atoms with E-state index in [1.165, 1.54) is 0 Å². The molecular formula is C5H10N2O. The molecule has 1 saturated heterocycles. The molecule has 1 amide bonds. The largest absolute Gasteiger partial charge is 0.330 e. The Hall–Kier alpha value is -0.570. The Morgan fingerprint density at radius 1 is 1.75 bits per heavy atom. The third-order valence-electron chi connectivity index (χ3n) is 1.39. The molecule has 1 aliphatic heterocycles. The zero-order valence-corrected chi connectivity index (χ0v) is 4.76. The fourth-order valence-electron chi connectivity index (χ4n) is 0.897. The third-order valence-corrected chi connectivity index (χ3v) is 1.39. The van der Waals surface area contributed by atoms with Crippen LogP contribution in [-0.2, 0) is 4.79 Å². The molecule has 3 nitrogen and oxygen atoms in total. The van der Waals surface area contributed by atoms with E-state index in [1.54, 1.807) is 4.90 Å². The van der Waals surface area contributed by atoms with Gasteiger partial charge in [-0.15, -0.1) is 0 Å². The summed E-state index contributed by atoms with van der Waals surface area (Å²) < 4.78 is 0. The number of nitrogens with zero attached hydrogens (tertiary/aromatic N) is 1. The minimum atomic E-state index is 0.201. The standard InChI is InChI=1S/C5H10N2O/c6-4-7-3-1-2-5(7)8/h1-4,6H2. The molecule has 0 unspecified atom stereocenters. The van der Waals surface area contributed by atoms with E-state index in [4.69, 9.17) is 5.73 Å². The van der Waals surface area contributed by atoms with Gasteiger partial charge in [0, 0.05) is 13.0 Å². The van der Waals surface area contributed by atoms with Crippen molar-refractivity contribution >= 4 is 5.91 Å². The van der Waals surface area contributed by atoms with E-state index in [-0.39, 0.29) is 5.91 Å². The average molecular weight is 114 g/mol. The molecule has 1 fully saturated rings. The van der Waals surface area contributed by atoms with Crippen molar-refractivity contribution in [1.29, 1.82) is 0 Å². The van der Waals surface area contributed by atoms with Gasteiger partial charge in [0.25, 0.3) is 0 Å². The van der Waals surface area contributed by atoms with Gasteiger partial charge in [0.1, 0.15) is 0 Å². The number of nitrogens with two attached hydrogens (primary N) is 1. The van der Waals surface area contributed by atoms with Gasteiger partial charge in [0.15, 0.2) is 0 Å². The molecule has 3 heteroatoms. The highest BCUT2D eigenvalue weighted by atomic mass is 16.2. The Morgan fingerprint density at radius 2 is 2.50 bits per heavy atom. The second kappa shape index (κ2) is 2.13. The third kappa shape index (κ3) is 0.816. The lowest BCUT2D eigenvalue weighted by atomic mass is 10.4. The maximum atomic E-state index is 10.7. The summed E-state index contributed by atoms with van der Waals surface area (Å²) in [5.41, 5.74) is 5.23. The van der Waals surface area contributed by atoms with E-state index < -0.39 is 0 Å². The topological polar surface area (TPSA) is 46.3 Å². The number of carbonyl (C=O) groups excluding carboxylic acids is 1. The summed E-state index contributed by atoms with van der Waals surface area (Å²) in [6.07, 6.45) is 1.67. The van der Waals surface area contributed by atoms with Crippen LogP contribution in [0.25, 0.3) is 0 Å². The highest BCUT2D eigenvalue weighted by Crippen LogP contribution is 2.06. The first kappa shape index (κ1) is 5.56.